The second-order valence-corrected chi connectivity index (χ2v) is 11.4. The van der Waals surface area contributed by atoms with Crippen LogP contribution in [0.5, 0.6) is 0 Å². The Morgan fingerprint density at radius 1 is 1.00 bits per heavy atom. The molecule has 16 nitrogen and oxygen atoms in total. The summed E-state index contributed by atoms with van der Waals surface area (Å²) in [5.74, 6) is -5.09. The molecule has 1 heterocycles. The summed E-state index contributed by atoms with van der Waals surface area (Å²) in [5.41, 5.74) is 14.7. The van der Waals surface area contributed by atoms with Gasteiger partial charge in [0.05, 0.1) is 41.0 Å². The minimum Gasteiger partial charge on any atom is -0.481 e. The number of carbonyl (C=O) groups excluding carboxylic acids is 4. The van der Waals surface area contributed by atoms with Crippen molar-refractivity contribution in [3.63, 3.8) is 0 Å². The van der Waals surface area contributed by atoms with E-state index in [1.165, 1.54) is 12.1 Å². The summed E-state index contributed by atoms with van der Waals surface area (Å²) in [5, 5.41) is 28.9. The van der Waals surface area contributed by atoms with Crippen LogP contribution in [0.4, 0.5) is 31.2 Å². The van der Waals surface area contributed by atoms with Gasteiger partial charge in [-0.05, 0) is 60.4 Å². The van der Waals surface area contributed by atoms with E-state index in [0.29, 0.717) is 39.7 Å². The number of aryl methyl sites for hydroxylation is 1. The maximum Gasteiger partial charge on any atom is 0.327 e. The number of halogens is 1. The first-order chi connectivity index (χ1) is 23.2. The smallest absolute Gasteiger partial charge is 0.327 e. The van der Waals surface area contributed by atoms with Crippen LogP contribution in [0, 0.1) is 12.7 Å². The molecule has 4 amide bonds. The van der Waals surface area contributed by atoms with Crippen LogP contribution in [-0.4, -0.2) is 67.1 Å². The highest BCUT2D eigenvalue weighted by molar-refractivity contribution is 8.12. The molecule has 2 atom stereocenters. The van der Waals surface area contributed by atoms with Gasteiger partial charge in [0.15, 0.2) is 5.82 Å². The number of hydrogen-bond acceptors (Lipinski definition) is 10. The van der Waals surface area contributed by atoms with Crippen LogP contribution in [0.1, 0.15) is 24.8 Å². The maximum atomic E-state index is 14.0. The highest BCUT2D eigenvalue weighted by atomic mass is 32.2. The number of hydrogen-bond donors (Lipinski definition) is 8. The first kappa shape index (κ1) is 35.8. The Hall–Kier alpha value is -6.01. The van der Waals surface area contributed by atoms with Crippen molar-refractivity contribution >= 4 is 75.1 Å². The topological polar surface area (TPSA) is 261 Å². The summed E-state index contributed by atoms with van der Waals surface area (Å²) in [6.07, 6.45) is -1.51. The fourth-order valence-corrected chi connectivity index (χ4v) is 5.12. The SMILES string of the molecule is Cc1ccc(F)c(NC(=O)Nc2ccc(-c3cccc4c3c(N)nn4C(=O)SNC(=O)C[C@H](N)C(=O)N[C@@H](CCC(=O)O)C(=O)O)cc2)c1. The molecule has 18 heteroatoms. The van der Waals surface area contributed by atoms with Gasteiger partial charge in [0.25, 0.3) is 0 Å². The van der Waals surface area contributed by atoms with E-state index in [4.69, 9.17) is 16.6 Å². The van der Waals surface area contributed by atoms with E-state index in [2.05, 4.69) is 25.8 Å². The normalized spacial score (nSPS) is 12.1. The number of benzene rings is 3. The Kier molecular flexibility index (Phi) is 11.5. The van der Waals surface area contributed by atoms with E-state index in [1.807, 2.05) is 0 Å². The van der Waals surface area contributed by atoms with Gasteiger partial charge in [-0.25, -0.2) is 14.0 Å². The maximum absolute atomic E-state index is 14.0. The Morgan fingerprint density at radius 2 is 1.71 bits per heavy atom. The van der Waals surface area contributed by atoms with Crippen LogP contribution in [0.25, 0.3) is 22.0 Å². The third-order valence-corrected chi connectivity index (χ3v) is 7.66. The molecule has 0 aliphatic heterocycles. The van der Waals surface area contributed by atoms with Gasteiger partial charge in [-0.15, -0.1) is 5.10 Å². The average molecular weight is 695 g/mol. The first-order valence-corrected chi connectivity index (χ1v) is 15.3. The predicted molar refractivity (Wildman–Crippen MR) is 179 cm³/mol. The monoisotopic (exact) mass is 694 g/mol. The Balaban J connectivity index is 1.38. The second-order valence-electron chi connectivity index (χ2n) is 10.7. The van der Waals surface area contributed by atoms with Gasteiger partial charge in [0.2, 0.25) is 11.8 Å². The number of aliphatic carboxylic acids is 2. The van der Waals surface area contributed by atoms with Gasteiger partial charge in [0.1, 0.15) is 11.9 Å². The fourth-order valence-electron chi connectivity index (χ4n) is 4.61. The molecular formula is C31H31FN8O8S. The predicted octanol–water partition coefficient (Wildman–Crippen LogP) is 3.26. The van der Waals surface area contributed by atoms with E-state index in [1.54, 1.807) is 55.5 Å². The van der Waals surface area contributed by atoms with Crippen LogP contribution in [0.15, 0.2) is 60.7 Å². The van der Waals surface area contributed by atoms with E-state index in [0.717, 1.165) is 10.2 Å². The molecule has 0 spiro atoms. The minimum absolute atomic E-state index is 0.0159. The molecule has 4 aromatic rings. The summed E-state index contributed by atoms with van der Waals surface area (Å²) in [6.45, 7) is 1.77. The number of fused-ring (bicyclic) bond motifs is 1. The van der Waals surface area contributed by atoms with E-state index in [-0.39, 0.29) is 17.9 Å². The number of carboxylic acid groups (broad SMARTS) is 2. The van der Waals surface area contributed by atoms with Gasteiger partial charge < -0.3 is 37.6 Å². The highest BCUT2D eigenvalue weighted by Crippen LogP contribution is 2.33. The van der Waals surface area contributed by atoms with E-state index >= 15 is 0 Å². The molecule has 0 unspecified atom stereocenters. The Morgan fingerprint density at radius 3 is 2.39 bits per heavy atom. The molecule has 0 saturated heterocycles. The Bertz CT molecular complexity index is 1930. The molecule has 4 rings (SSSR count). The number of nitrogens with one attached hydrogen (secondary N) is 4. The number of nitrogens with zero attached hydrogens (tertiary/aromatic N) is 2. The lowest BCUT2D eigenvalue weighted by atomic mass is 10.0. The van der Waals surface area contributed by atoms with Crippen molar-refractivity contribution in [2.24, 2.45) is 5.73 Å². The molecule has 1 aromatic heterocycles. The van der Waals surface area contributed by atoms with Crippen molar-refractivity contribution < 1.29 is 43.4 Å². The van der Waals surface area contributed by atoms with E-state index in [9.17, 15) is 38.3 Å². The number of carboxylic acids is 2. The number of aromatic nitrogens is 2. The van der Waals surface area contributed by atoms with Crippen molar-refractivity contribution in [1.82, 2.24) is 19.8 Å². The fraction of sp³-hybridized carbons (Fsp3) is 0.194. The molecule has 3 aromatic carbocycles. The molecule has 256 valence electrons. The van der Waals surface area contributed by atoms with Crippen molar-refractivity contribution in [3.8, 4) is 11.1 Å². The largest absolute Gasteiger partial charge is 0.481 e. The number of nitrogen functional groups attached to an aromatic ring is 1. The lowest BCUT2D eigenvalue weighted by molar-refractivity contribution is -0.143. The summed E-state index contributed by atoms with van der Waals surface area (Å²) in [7, 11) is 0. The molecule has 0 aliphatic rings. The van der Waals surface area contributed by atoms with Gasteiger partial charge in [-0.3, -0.25) is 23.9 Å². The van der Waals surface area contributed by atoms with Gasteiger partial charge in [-0.2, -0.15) is 4.68 Å². The second kappa shape index (κ2) is 15.7. The molecule has 0 saturated carbocycles. The van der Waals surface area contributed by atoms with Crippen LogP contribution in [0.3, 0.4) is 0 Å². The summed E-state index contributed by atoms with van der Waals surface area (Å²) >= 11 is 0.351. The highest BCUT2D eigenvalue weighted by Gasteiger charge is 2.26. The molecule has 0 fully saturated rings. The van der Waals surface area contributed by atoms with Crippen LogP contribution in [0.2, 0.25) is 0 Å². The number of amides is 4. The van der Waals surface area contributed by atoms with E-state index < -0.39 is 65.8 Å². The van der Waals surface area contributed by atoms with Crippen molar-refractivity contribution in [2.45, 2.75) is 38.3 Å². The standard InChI is InChI=1S/C31H31FN8O8S/c1-15-5-10-19(32)22(13-15)37-30(47)35-17-8-6-16(7-9-17)18-3-2-4-23-26(18)27(34)38-40(23)31(48)49-39-24(41)14-20(33)28(44)36-21(29(45)46)11-12-25(42)43/h2-10,13,20-21H,11-12,14,33H2,1H3,(H2,34,38)(H,36,44)(H,39,41)(H,42,43)(H,45,46)(H2,35,37,47)/t20-,21-/m0/s1. The number of nitrogens with two attached hydrogens (primary N) is 2. The zero-order valence-corrected chi connectivity index (χ0v) is 26.5. The molecule has 49 heavy (non-hydrogen) atoms. The quantitative estimate of drug-likeness (QED) is 0.105. The molecular weight excluding hydrogens is 663 g/mol. The zero-order valence-electron chi connectivity index (χ0n) is 25.7. The number of carbonyl (C=O) groups is 6. The molecule has 0 bridgehead atoms. The van der Waals surface area contributed by atoms with Crippen molar-refractivity contribution in [1.29, 1.82) is 0 Å². The van der Waals surface area contributed by atoms with Gasteiger partial charge in [0, 0.05) is 12.1 Å². The number of urea groups is 1. The van der Waals surface area contributed by atoms with Crippen molar-refractivity contribution in [3.05, 3.63) is 72.0 Å². The third-order valence-electron chi connectivity index (χ3n) is 6.99. The molecule has 10 N–H and O–H groups in total. The summed E-state index contributed by atoms with van der Waals surface area (Å²) in [4.78, 5) is 72.2. The van der Waals surface area contributed by atoms with Crippen molar-refractivity contribution in [2.75, 3.05) is 16.4 Å². The Labute approximate surface area is 281 Å². The zero-order chi connectivity index (χ0) is 35.8. The lowest BCUT2D eigenvalue weighted by Crippen LogP contribution is -2.49. The van der Waals surface area contributed by atoms with Crippen LogP contribution < -0.4 is 32.1 Å². The number of rotatable bonds is 11. The third kappa shape index (κ3) is 9.30. The molecule has 0 aliphatic carbocycles. The van der Waals surface area contributed by atoms with Crippen LogP contribution in [-0.2, 0) is 19.2 Å². The summed E-state index contributed by atoms with van der Waals surface area (Å²) < 4.78 is 17.3. The van der Waals surface area contributed by atoms with Gasteiger partial charge in [-0.1, -0.05) is 30.3 Å². The number of anilines is 3. The lowest BCUT2D eigenvalue weighted by Gasteiger charge is -2.17. The average Bonchev–Trinajstić information content (AvgIpc) is 3.40. The minimum atomic E-state index is -1.52. The van der Waals surface area contributed by atoms with Gasteiger partial charge >= 0.3 is 23.2 Å². The molecule has 0 radical (unpaired) electrons. The first-order valence-electron chi connectivity index (χ1n) is 14.5. The summed E-state index contributed by atoms with van der Waals surface area (Å²) in [6, 6.07) is 12.4. The van der Waals surface area contributed by atoms with Crippen LogP contribution >= 0.6 is 11.9 Å².